The van der Waals surface area contributed by atoms with Crippen LogP contribution in [0.1, 0.15) is 71.0 Å². The maximum atomic E-state index is 15.6. The normalized spacial score (nSPS) is 19.7. The number of benzene rings is 2. The Morgan fingerprint density at radius 2 is 1.90 bits per heavy atom. The molecular formula is C37H36F2N4O5. The van der Waals surface area contributed by atoms with Crippen LogP contribution in [0, 0.1) is 43.2 Å². The molecule has 2 aromatic heterocycles. The van der Waals surface area contributed by atoms with Gasteiger partial charge in [0.1, 0.15) is 40.6 Å². The van der Waals surface area contributed by atoms with Crippen LogP contribution in [-0.4, -0.2) is 48.0 Å². The highest BCUT2D eigenvalue weighted by Crippen LogP contribution is 2.51. The lowest BCUT2D eigenvalue weighted by molar-refractivity contribution is -0.113. The molecule has 2 aromatic carbocycles. The van der Waals surface area contributed by atoms with Crippen LogP contribution in [-0.2, 0) is 15.6 Å². The molecular weight excluding hydrogens is 618 g/mol. The lowest BCUT2D eigenvalue weighted by Crippen LogP contribution is -2.44. The van der Waals surface area contributed by atoms with Gasteiger partial charge in [-0.3, -0.25) is 4.79 Å². The van der Waals surface area contributed by atoms with E-state index in [4.69, 9.17) is 19.4 Å². The molecule has 248 valence electrons. The zero-order chi connectivity index (χ0) is 34.0. The summed E-state index contributed by atoms with van der Waals surface area (Å²) in [6.45, 7) is 6.92. The number of rotatable bonds is 11. The Bertz CT molecular complexity index is 2010. The number of ether oxygens (including phenoxy) is 2. The third-order valence-electron chi connectivity index (χ3n) is 10.1. The molecule has 9 nitrogen and oxygen atoms in total. The van der Waals surface area contributed by atoms with Crippen LogP contribution in [0.2, 0.25) is 0 Å². The molecule has 1 aliphatic heterocycles. The first-order valence-corrected chi connectivity index (χ1v) is 16.2. The van der Waals surface area contributed by atoms with Crippen LogP contribution in [0.25, 0.3) is 22.2 Å². The molecule has 2 atom stereocenters. The molecule has 11 heteroatoms. The van der Waals surface area contributed by atoms with Gasteiger partial charge in [-0.25, -0.2) is 18.7 Å². The Morgan fingerprint density at radius 1 is 1.12 bits per heavy atom. The number of carbonyl (C=O) groups is 2. The summed E-state index contributed by atoms with van der Waals surface area (Å²) in [5.41, 5.74) is 1.56. The van der Waals surface area contributed by atoms with E-state index in [0.29, 0.717) is 28.1 Å². The predicted molar refractivity (Wildman–Crippen MR) is 176 cm³/mol. The van der Waals surface area contributed by atoms with E-state index in [1.54, 1.807) is 25.1 Å². The van der Waals surface area contributed by atoms with Crippen molar-refractivity contribution in [2.75, 3.05) is 19.7 Å². The van der Waals surface area contributed by atoms with E-state index in [1.807, 2.05) is 19.9 Å². The first-order chi connectivity index (χ1) is 23.0. The maximum absolute atomic E-state index is 15.6. The summed E-state index contributed by atoms with van der Waals surface area (Å²) >= 11 is 0. The number of pyridine rings is 2. The molecule has 2 fully saturated rings. The minimum atomic E-state index is -1.28. The van der Waals surface area contributed by atoms with Crippen molar-refractivity contribution < 1.29 is 27.8 Å². The molecule has 0 radical (unpaired) electrons. The summed E-state index contributed by atoms with van der Waals surface area (Å²) in [6.07, 6.45) is 4.21. The van der Waals surface area contributed by atoms with E-state index in [0.717, 1.165) is 54.7 Å². The van der Waals surface area contributed by atoms with Gasteiger partial charge >= 0.3 is 0 Å². The second-order valence-corrected chi connectivity index (χ2v) is 13.8. The highest BCUT2D eigenvalue weighted by atomic mass is 19.1. The van der Waals surface area contributed by atoms with E-state index < -0.39 is 28.4 Å². The van der Waals surface area contributed by atoms with E-state index in [2.05, 4.69) is 10.5 Å². The summed E-state index contributed by atoms with van der Waals surface area (Å²) in [7, 11) is 0. The Balaban J connectivity index is 1.30. The minimum Gasteiger partial charge on any atom is -0.490 e. The summed E-state index contributed by atoms with van der Waals surface area (Å²) in [6, 6.07) is 9.61. The molecule has 4 aromatic rings. The lowest BCUT2D eigenvalue weighted by Gasteiger charge is -2.30. The number of halogens is 2. The number of nitrogens with zero attached hydrogens (tertiary/aromatic N) is 3. The molecule has 2 aliphatic carbocycles. The van der Waals surface area contributed by atoms with Gasteiger partial charge in [0, 0.05) is 39.9 Å². The topological polar surface area (TPSA) is 120 Å². The lowest BCUT2D eigenvalue weighted by atomic mass is 9.76. The van der Waals surface area contributed by atoms with Crippen LogP contribution in [0.15, 0.2) is 41.6 Å². The first kappa shape index (κ1) is 31.8. The standard InChI is InChI=1S/C37H36F2N4O5/c1-19-11-22-12-23(13-29(48-25-7-8-25)32(22)42-21(19)3)35(45)40-16-37(17-44,24-5-6-24)30-14-27-34(47-18-36(27,4)15-41-46)33(43-30)26-9-10-28(38)20(2)31(26)39/h9-14,17,24-25H,5-8,15-16,18H2,1-4H3,(H,40,45)/t36-,37+/m0/s1. The monoisotopic (exact) mass is 654 g/mol. The van der Waals surface area contributed by atoms with E-state index in [1.165, 1.54) is 13.0 Å². The summed E-state index contributed by atoms with van der Waals surface area (Å²) in [4.78, 5) is 48.1. The molecule has 0 saturated heterocycles. The molecule has 3 aliphatic rings. The zero-order valence-corrected chi connectivity index (χ0v) is 27.3. The van der Waals surface area contributed by atoms with E-state index >= 15 is 4.39 Å². The number of hydrogen-bond acceptors (Lipinski definition) is 8. The highest BCUT2D eigenvalue weighted by molar-refractivity contribution is 6.00. The number of nitrogens with one attached hydrogen (secondary N) is 1. The number of aromatic nitrogens is 2. The predicted octanol–water partition coefficient (Wildman–Crippen LogP) is 6.73. The van der Waals surface area contributed by atoms with Crippen molar-refractivity contribution in [1.29, 1.82) is 0 Å². The van der Waals surface area contributed by atoms with Crippen LogP contribution >= 0.6 is 0 Å². The van der Waals surface area contributed by atoms with Gasteiger partial charge in [0.15, 0.2) is 0 Å². The zero-order valence-electron chi connectivity index (χ0n) is 27.3. The van der Waals surface area contributed by atoms with Crippen molar-refractivity contribution in [3.8, 4) is 22.8 Å². The third-order valence-corrected chi connectivity index (χ3v) is 10.1. The number of amides is 1. The van der Waals surface area contributed by atoms with Gasteiger partial charge in [0.05, 0.1) is 35.8 Å². The SMILES string of the molecule is Cc1cc2cc(C(=O)NC[C@](C=O)(c3cc4c(c(-c5ccc(F)c(C)c5F)n3)OC[C@]4(C)CN=O)C3CC3)cc(OC3CC3)c2nc1C. The maximum Gasteiger partial charge on any atom is 0.251 e. The number of nitroso groups, excluding NO2 is 1. The largest absolute Gasteiger partial charge is 0.490 e. The highest BCUT2D eigenvalue weighted by Gasteiger charge is 2.50. The van der Waals surface area contributed by atoms with Crippen molar-refractivity contribution in [2.45, 2.75) is 70.3 Å². The average molecular weight is 655 g/mol. The summed E-state index contributed by atoms with van der Waals surface area (Å²) in [5, 5.41) is 6.89. The van der Waals surface area contributed by atoms with Crippen molar-refractivity contribution in [3.63, 3.8) is 0 Å². The molecule has 7 rings (SSSR count). The molecule has 2 saturated carbocycles. The van der Waals surface area contributed by atoms with Gasteiger partial charge in [0.25, 0.3) is 5.91 Å². The fourth-order valence-electron chi connectivity index (χ4n) is 6.58. The van der Waals surface area contributed by atoms with Gasteiger partial charge in [-0.1, -0.05) is 12.1 Å². The van der Waals surface area contributed by atoms with E-state index in [9.17, 15) is 18.9 Å². The van der Waals surface area contributed by atoms with Gasteiger partial charge in [-0.2, -0.15) is 4.91 Å². The van der Waals surface area contributed by atoms with Crippen LogP contribution in [0.4, 0.5) is 8.78 Å². The molecule has 48 heavy (non-hydrogen) atoms. The smallest absolute Gasteiger partial charge is 0.251 e. The number of aldehydes is 1. The van der Waals surface area contributed by atoms with Crippen molar-refractivity contribution in [3.05, 3.63) is 86.6 Å². The van der Waals surface area contributed by atoms with Gasteiger partial charge in [-0.15, -0.1) is 0 Å². The van der Waals surface area contributed by atoms with Crippen LogP contribution in [0.3, 0.4) is 0 Å². The second kappa shape index (κ2) is 11.7. The van der Waals surface area contributed by atoms with Gasteiger partial charge < -0.3 is 19.6 Å². The van der Waals surface area contributed by atoms with E-state index in [-0.39, 0.29) is 54.3 Å². The minimum absolute atomic E-state index is 0.00781. The molecule has 3 heterocycles. The van der Waals surface area contributed by atoms with Crippen molar-refractivity contribution in [1.82, 2.24) is 15.3 Å². The summed E-state index contributed by atoms with van der Waals surface area (Å²) < 4.78 is 42.1. The van der Waals surface area contributed by atoms with Crippen molar-refractivity contribution >= 4 is 23.1 Å². The van der Waals surface area contributed by atoms with Crippen LogP contribution in [0.5, 0.6) is 11.5 Å². The number of fused-ring (bicyclic) bond motifs is 2. The number of hydrogen-bond donors (Lipinski definition) is 1. The fraction of sp³-hybridized carbons (Fsp3) is 0.405. The Morgan fingerprint density at radius 3 is 2.58 bits per heavy atom. The van der Waals surface area contributed by atoms with Crippen molar-refractivity contribution in [2.24, 2.45) is 11.1 Å². The molecule has 0 spiro atoms. The fourth-order valence-corrected chi connectivity index (χ4v) is 6.58. The molecule has 0 bridgehead atoms. The second-order valence-electron chi connectivity index (χ2n) is 13.8. The third kappa shape index (κ3) is 5.38. The summed E-state index contributed by atoms with van der Waals surface area (Å²) in [5.74, 6) is -1.26. The molecule has 0 unspecified atom stereocenters. The number of carbonyl (C=O) groups excluding carboxylic acids is 2. The average Bonchev–Trinajstić information content (AvgIpc) is 4.01. The quantitative estimate of drug-likeness (QED) is 0.141. The van der Waals surface area contributed by atoms with Crippen LogP contribution < -0.4 is 14.8 Å². The molecule has 1 amide bonds. The molecule has 1 N–H and O–H groups in total. The Hall–Kier alpha value is -4.80. The first-order valence-electron chi connectivity index (χ1n) is 16.2. The van der Waals surface area contributed by atoms with Gasteiger partial charge in [-0.05, 0) is 94.3 Å². The van der Waals surface area contributed by atoms with Gasteiger partial charge in [0.2, 0.25) is 0 Å². The Labute approximate surface area is 276 Å². The number of aryl methyl sites for hydroxylation is 2. The Kier molecular flexibility index (Phi) is 7.76.